The molecule has 0 unspecified atom stereocenters. The van der Waals surface area contributed by atoms with E-state index < -0.39 is 23.3 Å². The maximum atomic E-state index is 14.7. The smallest absolute Gasteiger partial charge is 0.261 e. The Morgan fingerprint density at radius 3 is 2.26 bits per heavy atom. The lowest BCUT2D eigenvalue weighted by Gasteiger charge is -2.33. The van der Waals surface area contributed by atoms with Crippen LogP contribution >= 0.6 is 15.9 Å². The second-order valence-corrected chi connectivity index (χ2v) is 11.5. The first-order valence-corrected chi connectivity index (χ1v) is 13.5. The van der Waals surface area contributed by atoms with Gasteiger partial charge in [-0.05, 0) is 71.9 Å². The van der Waals surface area contributed by atoms with E-state index in [2.05, 4.69) is 35.1 Å². The molecule has 0 spiro atoms. The van der Waals surface area contributed by atoms with Crippen molar-refractivity contribution < 1.29 is 18.7 Å². The summed E-state index contributed by atoms with van der Waals surface area (Å²) in [5.41, 5.74) is 1.84. The van der Waals surface area contributed by atoms with E-state index in [9.17, 15) is 14.0 Å². The van der Waals surface area contributed by atoms with Gasteiger partial charge in [0.2, 0.25) is 5.91 Å². The van der Waals surface area contributed by atoms with E-state index >= 15 is 0 Å². The molecule has 0 saturated carbocycles. The quantitative estimate of drug-likeness (QED) is 0.291. The van der Waals surface area contributed by atoms with E-state index in [4.69, 9.17) is 4.74 Å². The molecule has 0 fully saturated rings. The van der Waals surface area contributed by atoms with Crippen LogP contribution in [0.1, 0.15) is 57.2 Å². The molecular weight excluding hydrogens is 547 g/mol. The number of hydrogen-bond acceptors (Lipinski definition) is 3. The van der Waals surface area contributed by atoms with Crippen molar-refractivity contribution in [1.82, 2.24) is 10.2 Å². The average Bonchev–Trinajstić information content (AvgIpc) is 2.85. The Balaban J connectivity index is 1.94. The number of halogens is 2. The van der Waals surface area contributed by atoms with Crippen molar-refractivity contribution in [2.45, 2.75) is 65.1 Å². The van der Waals surface area contributed by atoms with Crippen LogP contribution in [0.25, 0.3) is 0 Å². The van der Waals surface area contributed by atoms with Gasteiger partial charge < -0.3 is 15.0 Å². The molecule has 0 bridgehead atoms. The van der Waals surface area contributed by atoms with Gasteiger partial charge in [0.05, 0.1) is 4.47 Å². The second-order valence-electron chi connectivity index (χ2n) is 10.7. The molecule has 0 aliphatic rings. The number of benzene rings is 3. The van der Waals surface area contributed by atoms with Crippen molar-refractivity contribution in [3.63, 3.8) is 0 Å². The SMILES string of the molecule is CC(C)c1ccc(OCC(=O)N(Cc2ccccc2F)[C@H](Cc2ccccc2)C(=O)NC(C)(C)C)c(Br)c1. The third-order valence-corrected chi connectivity index (χ3v) is 6.66. The number of rotatable bonds is 10. The van der Waals surface area contributed by atoms with Crippen LogP contribution in [0.15, 0.2) is 77.3 Å². The maximum absolute atomic E-state index is 14.7. The summed E-state index contributed by atoms with van der Waals surface area (Å²) in [6.45, 7) is 9.47. The molecule has 0 aliphatic heterocycles. The van der Waals surface area contributed by atoms with Crippen LogP contribution in [0.2, 0.25) is 0 Å². The highest BCUT2D eigenvalue weighted by molar-refractivity contribution is 9.10. The Morgan fingerprint density at radius 2 is 1.66 bits per heavy atom. The van der Waals surface area contributed by atoms with Crippen LogP contribution in [-0.4, -0.2) is 34.9 Å². The van der Waals surface area contributed by atoms with Crippen LogP contribution in [0.3, 0.4) is 0 Å². The number of ether oxygens (including phenoxy) is 1. The zero-order chi connectivity index (χ0) is 27.9. The zero-order valence-electron chi connectivity index (χ0n) is 22.6. The fourth-order valence-corrected chi connectivity index (χ4v) is 4.54. The monoisotopic (exact) mass is 582 g/mol. The number of nitrogens with one attached hydrogen (secondary N) is 1. The van der Waals surface area contributed by atoms with Crippen molar-refractivity contribution in [2.24, 2.45) is 0 Å². The number of hydrogen-bond donors (Lipinski definition) is 1. The van der Waals surface area contributed by atoms with E-state index in [1.807, 2.05) is 69.3 Å². The Morgan fingerprint density at radius 1 is 1.00 bits per heavy atom. The molecule has 0 aromatic heterocycles. The van der Waals surface area contributed by atoms with Crippen molar-refractivity contribution in [3.8, 4) is 5.75 Å². The minimum atomic E-state index is -0.876. The zero-order valence-corrected chi connectivity index (χ0v) is 24.2. The summed E-state index contributed by atoms with van der Waals surface area (Å²) >= 11 is 3.53. The van der Waals surface area contributed by atoms with Crippen molar-refractivity contribution >= 4 is 27.7 Å². The van der Waals surface area contributed by atoms with Gasteiger partial charge in [0.15, 0.2) is 6.61 Å². The summed E-state index contributed by atoms with van der Waals surface area (Å²) in [6.07, 6.45) is 0.274. The standard InChI is InChI=1S/C31H36BrFN2O3/c1-21(2)23-15-16-28(25(32)18-23)38-20-29(36)35(19-24-13-9-10-14-26(24)33)27(30(37)34-31(3,4)5)17-22-11-7-6-8-12-22/h6-16,18,21,27H,17,19-20H2,1-5H3,(H,34,37)/t27-/m1/s1. The number of nitrogens with zero attached hydrogens (tertiary/aromatic N) is 1. The molecule has 0 saturated heterocycles. The predicted octanol–water partition coefficient (Wildman–Crippen LogP) is 6.65. The molecule has 1 N–H and O–H groups in total. The molecule has 38 heavy (non-hydrogen) atoms. The van der Waals surface area contributed by atoms with E-state index in [-0.39, 0.29) is 25.5 Å². The summed E-state index contributed by atoms with van der Waals surface area (Å²) in [5.74, 6) is -0.301. The van der Waals surface area contributed by atoms with Gasteiger partial charge in [-0.15, -0.1) is 0 Å². The van der Waals surface area contributed by atoms with Gasteiger partial charge in [0.25, 0.3) is 5.91 Å². The first-order chi connectivity index (χ1) is 17.9. The first-order valence-electron chi connectivity index (χ1n) is 12.8. The van der Waals surface area contributed by atoms with Gasteiger partial charge in [-0.2, -0.15) is 0 Å². The highest BCUT2D eigenvalue weighted by Gasteiger charge is 2.33. The van der Waals surface area contributed by atoms with E-state index in [1.54, 1.807) is 18.2 Å². The summed E-state index contributed by atoms with van der Waals surface area (Å²) < 4.78 is 21.3. The largest absolute Gasteiger partial charge is 0.483 e. The lowest BCUT2D eigenvalue weighted by molar-refractivity contribution is -0.143. The Labute approximate surface area is 233 Å². The van der Waals surface area contributed by atoms with Crippen molar-refractivity contribution in [3.05, 3.63) is 99.8 Å². The second kappa shape index (κ2) is 13.1. The molecular formula is C31H36BrFN2O3. The molecule has 0 radical (unpaired) electrons. The minimum Gasteiger partial charge on any atom is -0.483 e. The molecule has 3 rings (SSSR count). The summed E-state index contributed by atoms with van der Waals surface area (Å²) in [4.78, 5) is 28.7. The first kappa shape index (κ1) is 29.4. The third-order valence-electron chi connectivity index (χ3n) is 6.04. The van der Waals surface area contributed by atoms with Crippen LogP contribution in [0, 0.1) is 5.82 Å². The van der Waals surface area contributed by atoms with Crippen LogP contribution in [0.5, 0.6) is 5.75 Å². The number of carbonyl (C=O) groups is 2. The predicted molar refractivity (Wildman–Crippen MR) is 153 cm³/mol. The molecule has 5 nitrogen and oxygen atoms in total. The number of carbonyl (C=O) groups excluding carboxylic acids is 2. The minimum absolute atomic E-state index is 0.0720. The highest BCUT2D eigenvalue weighted by atomic mass is 79.9. The summed E-state index contributed by atoms with van der Waals surface area (Å²) in [7, 11) is 0. The van der Waals surface area contributed by atoms with Crippen molar-refractivity contribution in [2.75, 3.05) is 6.61 Å². The highest BCUT2D eigenvalue weighted by Crippen LogP contribution is 2.29. The van der Waals surface area contributed by atoms with Gasteiger partial charge in [-0.3, -0.25) is 9.59 Å². The molecule has 0 heterocycles. The lowest BCUT2D eigenvalue weighted by atomic mass is 10.0. The topological polar surface area (TPSA) is 58.6 Å². The van der Waals surface area contributed by atoms with Gasteiger partial charge in [-0.25, -0.2) is 4.39 Å². The molecule has 202 valence electrons. The van der Waals surface area contributed by atoms with Gasteiger partial charge in [0, 0.05) is 24.1 Å². The van der Waals surface area contributed by atoms with E-state index in [1.165, 1.54) is 11.0 Å². The van der Waals surface area contributed by atoms with Gasteiger partial charge >= 0.3 is 0 Å². The van der Waals surface area contributed by atoms with E-state index in [0.29, 0.717) is 17.2 Å². The number of amides is 2. The van der Waals surface area contributed by atoms with Crippen LogP contribution < -0.4 is 10.1 Å². The Bertz CT molecular complexity index is 1240. The van der Waals surface area contributed by atoms with Crippen LogP contribution in [0.4, 0.5) is 4.39 Å². The fourth-order valence-electron chi connectivity index (χ4n) is 4.03. The Hall–Kier alpha value is -3.19. The maximum Gasteiger partial charge on any atom is 0.261 e. The molecule has 0 aliphatic carbocycles. The normalized spacial score (nSPS) is 12.2. The lowest BCUT2D eigenvalue weighted by Crippen LogP contribution is -2.55. The fraction of sp³-hybridized carbons (Fsp3) is 0.355. The van der Waals surface area contributed by atoms with Gasteiger partial charge in [0.1, 0.15) is 17.6 Å². The molecule has 3 aromatic rings. The van der Waals surface area contributed by atoms with Crippen molar-refractivity contribution in [1.29, 1.82) is 0 Å². The molecule has 1 atom stereocenters. The van der Waals surface area contributed by atoms with E-state index in [0.717, 1.165) is 15.6 Å². The van der Waals surface area contributed by atoms with Crippen LogP contribution in [-0.2, 0) is 22.6 Å². The summed E-state index contributed by atoms with van der Waals surface area (Å²) in [5, 5.41) is 3.00. The molecule has 7 heteroatoms. The average molecular weight is 584 g/mol. The summed E-state index contributed by atoms with van der Waals surface area (Å²) in [6, 6.07) is 20.6. The van der Waals surface area contributed by atoms with Gasteiger partial charge in [-0.1, -0.05) is 68.4 Å². The third kappa shape index (κ3) is 8.42. The molecule has 3 aromatic carbocycles. The molecule has 2 amide bonds. The Kier molecular flexibility index (Phi) is 10.1.